The summed E-state index contributed by atoms with van der Waals surface area (Å²) in [5.41, 5.74) is 8.21. The number of aryl methyl sites for hydroxylation is 1. The number of nitrogens with one attached hydrogen (secondary N) is 1. The van der Waals surface area contributed by atoms with Crippen molar-refractivity contribution in [1.82, 2.24) is 0 Å². The molecule has 0 saturated carbocycles. The van der Waals surface area contributed by atoms with Crippen LogP contribution in [0.5, 0.6) is 5.75 Å². The molecule has 3 atom stereocenters. The van der Waals surface area contributed by atoms with Crippen molar-refractivity contribution in [2.75, 3.05) is 5.32 Å². The van der Waals surface area contributed by atoms with Gasteiger partial charge >= 0.3 is 0 Å². The molecule has 1 aliphatic heterocycles. The largest absolute Gasteiger partial charge is 0.488 e. The molecule has 0 fully saturated rings. The summed E-state index contributed by atoms with van der Waals surface area (Å²) in [6, 6.07) is 32.1. The highest BCUT2D eigenvalue weighted by molar-refractivity contribution is 9.10. The summed E-state index contributed by atoms with van der Waals surface area (Å²) in [5.74, 6) is 1.84. The Morgan fingerprint density at radius 1 is 0.973 bits per heavy atom. The highest BCUT2D eigenvalue weighted by Crippen LogP contribution is 2.49. The number of halogens is 1. The van der Waals surface area contributed by atoms with E-state index in [2.05, 4.69) is 113 Å². The normalized spacial score (nSPS) is 19.9. The predicted molar refractivity (Wildman–Crippen MR) is 156 cm³/mol. The highest BCUT2D eigenvalue weighted by Gasteiger charge is 2.37. The van der Waals surface area contributed by atoms with Gasteiger partial charge in [-0.15, -0.1) is 0 Å². The van der Waals surface area contributed by atoms with Crippen LogP contribution in [0.25, 0.3) is 0 Å². The van der Waals surface area contributed by atoms with Crippen LogP contribution in [0.2, 0.25) is 0 Å². The maximum Gasteiger partial charge on any atom is 0.128 e. The van der Waals surface area contributed by atoms with E-state index in [1.54, 1.807) is 0 Å². The lowest BCUT2D eigenvalue weighted by Gasteiger charge is -2.37. The first kappa shape index (κ1) is 23.7. The molecule has 4 heteroatoms. The minimum Gasteiger partial charge on any atom is -0.488 e. The Bertz CT molecular complexity index is 1460. The van der Waals surface area contributed by atoms with Crippen LogP contribution < -0.4 is 10.1 Å². The fourth-order valence-corrected chi connectivity index (χ4v) is 5.76. The predicted octanol–water partition coefficient (Wildman–Crippen LogP) is 8.91. The molecule has 4 aromatic rings. The minimum absolute atomic E-state index is 0.291. The number of aliphatic imine (C=N–C) groups is 1. The molecule has 0 amide bonds. The van der Waals surface area contributed by atoms with Crippen molar-refractivity contribution in [3.8, 4) is 5.75 Å². The lowest BCUT2D eigenvalue weighted by Crippen LogP contribution is -2.28. The van der Waals surface area contributed by atoms with E-state index in [4.69, 9.17) is 9.73 Å². The van der Waals surface area contributed by atoms with Gasteiger partial charge in [-0.05, 0) is 72.4 Å². The summed E-state index contributed by atoms with van der Waals surface area (Å²) < 4.78 is 7.14. The molecular formula is C33H29BrN2O. The average Bonchev–Trinajstić information content (AvgIpc) is 3.43. The number of nitrogens with zero attached hydrogens (tertiary/aromatic N) is 1. The summed E-state index contributed by atoms with van der Waals surface area (Å²) in [5, 5.41) is 3.81. The fraction of sp³-hybridized carbons (Fsp3) is 0.182. The van der Waals surface area contributed by atoms with Crippen molar-refractivity contribution in [2.24, 2.45) is 10.9 Å². The molecule has 2 aliphatic rings. The maximum atomic E-state index is 6.15. The maximum absolute atomic E-state index is 6.15. The standard InChI is InChI=1S/C33H29BrN2O/c1-22-9-11-23(12-10-22)21-37-32-18-15-26(34)19-25(32)20-35-27-16-13-24(14-17-27)33-30-7-4-6-28(30)29-5-2-3-8-31(29)36-33/h2-6,8-20,28,30,33,36H,7,21H2,1H3/t28-,30-,33+/m1/s1. The topological polar surface area (TPSA) is 33.6 Å². The van der Waals surface area contributed by atoms with Crippen LogP contribution in [0.4, 0.5) is 11.4 Å². The zero-order chi connectivity index (χ0) is 25.2. The lowest BCUT2D eigenvalue weighted by molar-refractivity contribution is 0.306. The van der Waals surface area contributed by atoms with Crippen LogP contribution in [-0.4, -0.2) is 6.21 Å². The molecule has 0 bridgehead atoms. The third kappa shape index (κ3) is 5.12. The fourth-order valence-electron chi connectivity index (χ4n) is 5.38. The first-order chi connectivity index (χ1) is 18.1. The van der Waals surface area contributed by atoms with Gasteiger partial charge < -0.3 is 10.1 Å². The van der Waals surface area contributed by atoms with Gasteiger partial charge in [-0.25, -0.2) is 0 Å². The van der Waals surface area contributed by atoms with Crippen LogP contribution in [0, 0.1) is 12.8 Å². The monoisotopic (exact) mass is 548 g/mol. The van der Waals surface area contributed by atoms with Crippen LogP contribution in [0.3, 0.4) is 0 Å². The van der Waals surface area contributed by atoms with Gasteiger partial charge in [-0.3, -0.25) is 4.99 Å². The van der Waals surface area contributed by atoms with E-state index in [-0.39, 0.29) is 0 Å². The van der Waals surface area contributed by atoms with E-state index < -0.39 is 0 Å². The van der Waals surface area contributed by atoms with Gasteiger partial charge in [-0.1, -0.05) is 88.2 Å². The van der Waals surface area contributed by atoms with E-state index in [1.807, 2.05) is 24.4 Å². The Labute approximate surface area is 227 Å². The summed E-state index contributed by atoms with van der Waals surface area (Å²) in [6.45, 7) is 2.61. The van der Waals surface area contributed by atoms with Crippen molar-refractivity contribution < 1.29 is 4.74 Å². The molecule has 0 spiro atoms. The Kier molecular flexibility index (Phi) is 6.67. The van der Waals surface area contributed by atoms with Crippen molar-refractivity contribution in [3.63, 3.8) is 0 Å². The molecule has 1 heterocycles. The van der Waals surface area contributed by atoms with Crippen molar-refractivity contribution in [2.45, 2.75) is 31.9 Å². The molecule has 4 aromatic carbocycles. The molecule has 0 aromatic heterocycles. The van der Waals surface area contributed by atoms with Gasteiger partial charge in [0.15, 0.2) is 0 Å². The van der Waals surface area contributed by atoms with Gasteiger partial charge in [0, 0.05) is 27.9 Å². The highest BCUT2D eigenvalue weighted by atomic mass is 79.9. The number of hydrogen-bond acceptors (Lipinski definition) is 3. The van der Waals surface area contributed by atoms with Crippen LogP contribution in [0.15, 0.2) is 113 Å². The zero-order valence-electron chi connectivity index (χ0n) is 20.8. The molecular weight excluding hydrogens is 520 g/mol. The zero-order valence-corrected chi connectivity index (χ0v) is 22.4. The SMILES string of the molecule is Cc1ccc(COc2ccc(Br)cc2C=Nc2ccc([C@@H]3Nc4ccccc4[C@H]4C=CC[C@H]43)cc2)cc1. The number of fused-ring (bicyclic) bond motifs is 3. The molecule has 0 saturated heterocycles. The van der Waals surface area contributed by atoms with E-state index in [9.17, 15) is 0 Å². The Morgan fingerprint density at radius 2 is 1.78 bits per heavy atom. The van der Waals surface area contributed by atoms with Crippen molar-refractivity contribution in [1.29, 1.82) is 0 Å². The van der Waals surface area contributed by atoms with Gasteiger partial charge in [0.25, 0.3) is 0 Å². The number of ether oxygens (including phenoxy) is 1. The summed E-state index contributed by atoms with van der Waals surface area (Å²) in [7, 11) is 0. The second-order valence-electron chi connectivity index (χ2n) is 9.87. The van der Waals surface area contributed by atoms with E-state index in [0.29, 0.717) is 24.5 Å². The Balaban J connectivity index is 1.18. The van der Waals surface area contributed by atoms with Crippen LogP contribution >= 0.6 is 15.9 Å². The molecule has 0 radical (unpaired) electrons. The third-order valence-electron chi connectivity index (χ3n) is 7.36. The number of para-hydroxylation sites is 1. The van der Waals surface area contributed by atoms with Gasteiger partial charge in [0.05, 0.1) is 11.7 Å². The van der Waals surface area contributed by atoms with Crippen LogP contribution in [0.1, 0.15) is 46.2 Å². The van der Waals surface area contributed by atoms with E-state index in [0.717, 1.165) is 33.5 Å². The first-order valence-electron chi connectivity index (χ1n) is 12.8. The first-order valence-corrected chi connectivity index (χ1v) is 13.6. The molecule has 1 N–H and O–H groups in total. The molecule has 6 rings (SSSR count). The second-order valence-corrected chi connectivity index (χ2v) is 10.8. The van der Waals surface area contributed by atoms with Gasteiger partial charge in [0.1, 0.15) is 12.4 Å². The van der Waals surface area contributed by atoms with E-state index >= 15 is 0 Å². The Morgan fingerprint density at radius 3 is 2.62 bits per heavy atom. The smallest absolute Gasteiger partial charge is 0.128 e. The summed E-state index contributed by atoms with van der Waals surface area (Å²) >= 11 is 3.58. The van der Waals surface area contributed by atoms with Crippen molar-refractivity contribution >= 4 is 33.5 Å². The lowest BCUT2D eigenvalue weighted by atomic mass is 9.77. The summed E-state index contributed by atoms with van der Waals surface area (Å²) in [6.07, 6.45) is 7.70. The van der Waals surface area contributed by atoms with E-state index in [1.165, 1.54) is 22.4 Å². The number of hydrogen-bond donors (Lipinski definition) is 1. The number of allylic oxidation sites excluding steroid dienone is 2. The minimum atomic E-state index is 0.291. The van der Waals surface area contributed by atoms with Gasteiger partial charge in [-0.2, -0.15) is 0 Å². The molecule has 3 nitrogen and oxygen atoms in total. The molecule has 37 heavy (non-hydrogen) atoms. The quantitative estimate of drug-likeness (QED) is 0.192. The number of anilines is 1. The molecule has 0 unspecified atom stereocenters. The Hall–Kier alpha value is -3.63. The second kappa shape index (κ2) is 10.4. The summed E-state index contributed by atoms with van der Waals surface area (Å²) in [4.78, 5) is 4.77. The van der Waals surface area contributed by atoms with Crippen molar-refractivity contribution in [3.05, 3.63) is 135 Å². The third-order valence-corrected chi connectivity index (χ3v) is 7.86. The number of benzene rings is 4. The van der Waals surface area contributed by atoms with Crippen LogP contribution in [-0.2, 0) is 6.61 Å². The average molecular weight is 550 g/mol. The molecule has 1 aliphatic carbocycles. The van der Waals surface area contributed by atoms with Gasteiger partial charge in [0.2, 0.25) is 0 Å². The molecule has 184 valence electrons. The number of rotatable bonds is 6.